The summed E-state index contributed by atoms with van der Waals surface area (Å²) in [6, 6.07) is 16.0. The fraction of sp³-hybridized carbons (Fsp3) is 0.227. The van der Waals surface area contributed by atoms with Crippen LogP contribution >= 0.6 is 22.9 Å². The molecule has 0 saturated carbocycles. The lowest BCUT2D eigenvalue weighted by atomic mass is 9.91. The molecule has 1 aromatic heterocycles. The van der Waals surface area contributed by atoms with E-state index < -0.39 is 0 Å². The highest BCUT2D eigenvalue weighted by molar-refractivity contribution is 7.17. The molecular weight excluding hydrogens is 378 g/mol. The number of fused-ring (bicyclic) bond motifs is 3. The number of thiophene rings is 1. The fourth-order valence-electron chi connectivity index (χ4n) is 3.44. The number of rotatable bonds is 5. The molecule has 0 radical (unpaired) electrons. The third-order valence-electron chi connectivity index (χ3n) is 4.85. The van der Waals surface area contributed by atoms with Gasteiger partial charge in [0.2, 0.25) is 0 Å². The topological polar surface area (TPSA) is 38.3 Å². The number of carbonyl (C=O) groups excluding carboxylic acids is 1. The third-order valence-corrected chi connectivity index (χ3v) is 6.29. The fourth-order valence-corrected chi connectivity index (χ4v) is 4.83. The Labute approximate surface area is 167 Å². The summed E-state index contributed by atoms with van der Waals surface area (Å²) in [4.78, 5) is 14.6. The summed E-state index contributed by atoms with van der Waals surface area (Å²) in [7, 11) is 1.68. The molecule has 1 aliphatic carbocycles. The monoisotopic (exact) mass is 397 g/mol. The van der Waals surface area contributed by atoms with Gasteiger partial charge in [-0.2, -0.15) is 0 Å². The predicted octanol–water partition coefficient (Wildman–Crippen LogP) is 5.15. The van der Waals surface area contributed by atoms with Crippen molar-refractivity contribution in [2.45, 2.75) is 19.3 Å². The van der Waals surface area contributed by atoms with Crippen molar-refractivity contribution < 1.29 is 9.53 Å². The van der Waals surface area contributed by atoms with Crippen LogP contribution in [-0.2, 0) is 19.3 Å². The van der Waals surface area contributed by atoms with E-state index in [-0.39, 0.29) is 5.91 Å². The summed E-state index contributed by atoms with van der Waals surface area (Å²) in [5.41, 5.74) is 4.88. The van der Waals surface area contributed by atoms with E-state index in [9.17, 15) is 4.79 Å². The number of hydrogen-bond donors (Lipinski definition) is 1. The Morgan fingerprint density at radius 2 is 2.00 bits per heavy atom. The Hall–Kier alpha value is -2.30. The molecule has 2 aromatic carbocycles. The molecule has 0 atom stereocenters. The van der Waals surface area contributed by atoms with Crippen molar-refractivity contribution in [2.24, 2.45) is 0 Å². The molecule has 0 saturated heterocycles. The van der Waals surface area contributed by atoms with E-state index >= 15 is 0 Å². The van der Waals surface area contributed by atoms with Crippen LogP contribution in [-0.4, -0.2) is 19.6 Å². The maximum Gasteiger partial charge on any atom is 0.261 e. The summed E-state index contributed by atoms with van der Waals surface area (Å²) in [5, 5.41) is 3.75. The highest BCUT2D eigenvalue weighted by atomic mass is 35.5. The van der Waals surface area contributed by atoms with Gasteiger partial charge in [0.05, 0.1) is 12.0 Å². The summed E-state index contributed by atoms with van der Waals surface area (Å²) in [6.07, 6.45) is 2.73. The summed E-state index contributed by atoms with van der Waals surface area (Å²) in [6.45, 7) is 0.589. The third kappa shape index (κ3) is 3.87. The number of hydrogen-bond acceptors (Lipinski definition) is 3. The van der Waals surface area contributed by atoms with Crippen molar-refractivity contribution >= 4 is 28.8 Å². The molecule has 3 aromatic rings. The second kappa shape index (κ2) is 7.75. The standard InChI is InChI=1S/C22H20ClNO2S/c1-26-18-8-7-15-5-6-16-12-20(27-21(16)19(15)13-18)22(25)24-10-9-14-3-2-4-17(23)11-14/h2-4,7-8,11-13H,5-6,9-10H2,1H3,(H,24,25). The average molecular weight is 398 g/mol. The van der Waals surface area contributed by atoms with Gasteiger partial charge in [-0.3, -0.25) is 4.79 Å². The number of amides is 1. The Bertz CT molecular complexity index is 996. The zero-order valence-electron chi connectivity index (χ0n) is 15.0. The van der Waals surface area contributed by atoms with Gasteiger partial charge in [0.1, 0.15) is 5.75 Å². The van der Waals surface area contributed by atoms with Crippen LogP contribution < -0.4 is 10.1 Å². The van der Waals surface area contributed by atoms with Crippen molar-refractivity contribution in [3.63, 3.8) is 0 Å². The lowest BCUT2D eigenvalue weighted by Gasteiger charge is -2.16. The Balaban J connectivity index is 1.47. The lowest BCUT2D eigenvalue weighted by molar-refractivity contribution is 0.0958. The van der Waals surface area contributed by atoms with Crippen molar-refractivity contribution in [2.75, 3.05) is 13.7 Å². The summed E-state index contributed by atoms with van der Waals surface area (Å²) in [5.74, 6) is 0.836. The van der Waals surface area contributed by atoms with Crippen molar-refractivity contribution in [3.05, 3.63) is 75.1 Å². The van der Waals surface area contributed by atoms with E-state index in [2.05, 4.69) is 17.4 Å². The SMILES string of the molecule is COc1ccc2c(c1)-c1sc(C(=O)NCCc3cccc(Cl)c3)cc1CC2. The first kappa shape index (κ1) is 18.1. The van der Waals surface area contributed by atoms with E-state index in [4.69, 9.17) is 16.3 Å². The van der Waals surface area contributed by atoms with Gasteiger partial charge >= 0.3 is 0 Å². The van der Waals surface area contributed by atoms with E-state index in [1.165, 1.54) is 21.6 Å². The van der Waals surface area contributed by atoms with Gasteiger partial charge in [0, 0.05) is 16.4 Å². The van der Waals surface area contributed by atoms with Gasteiger partial charge in [-0.25, -0.2) is 0 Å². The summed E-state index contributed by atoms with van der Waals surface area (Å²) < 4.78 is 5.37. The molecule has 1 N–H and O–H groups in total. The van der Waals surface area contributed by atoms with Crippen LogP contribution in [0.2, 0.25) is 5.02 Å². The Morgan fingerprint density at radius 3 is 2.81 bits per heavy atom. The highest BCUT2D eigenvalue weighted by Gasteiger charge is 2.22. The molecule has 4 rings (SSSR count). The van der Waals surface area contributed by atoms with Crippen LogP contribution in [0.3, 0.4) is 0 Å². The van der Waals surface area contributed by atoms with Gasteiger partial charge in [0.15, 0.2) is 0 Å². The molecule has 27 heavy (non-hydrogen) atoms. The van der Waals surface area contributed by atoms with Crippen molar-refractivity contribution in [1.29, 1.82) is 0 Å². The summed E-state index contributed by atoms with van der Waals surface area (Å²) >= 11 is 7.57. The molecule has 0 bridgehead atoms. The van der Waals surface area contributed by atoms with Gasteiger partial charge in [0.25, 0.3) is 5.91 Å². The van der Waals surface area contributed by atoms with Gasteiger partial charge < -0.3 is 10.1 Å². The predicted molar refractivity (Wildman–Crippen MR) is 111 cm³/mol. The van der Waals surface area contributed by atoms with E-state index in [1.807, 2.05) is 36.4 Å². The zero-order valence-corrected chi connectivity index (χ0v) is 16.6. The van der Waals surface area contributed by atoms with Crippen molar-refractivity contribution in [1.82, 2.24) is 5.32 Å². The highest BCUT2D eigenvalue weighted by Crippen LogP contribution is 2.41. The van der Waals surface area contributed by atoms with E-state index in [1.54, 1.807) is 18.4 Å². The second-order valence-electron chi connectivity index (χ2n) is 6.62. The second-order valence-corrected chi connectivity index (χ2v) is 8.11. The van der Waals surface area contributed by atoms with E-state index in [0.29, 0.717) is 6.54 Å². The van der Waals surface area contributed by atoms with Crippen LogP contribution in [0, 0.1) is 0 Å². The minimum atomic E-state index is -0.0131. The zero-order chi connectivity index (χ0) is 18.8. The molecule has 0 unspecified atom stereocenters. The molecule has 0 fully saturated rings. The molecule has 0 aliphatic heterocycles. The van der Waals surface area contributed by atoms with Crippen LogP contribution in [0.1, 0.15) is 26.4 Å². The first-order chi connectivity index (χ1) is 13.1. The van der Waals surface area contributed by atoms with Crippen LogP contribution in [0.5, 0.6) is 5.75 Å². The molecule has 0 spiro atoms. The smallest absolute Gasteiger partial charge is 0.261 e. The van der Waals surface area contributed by atoms with Gasteiger partial charge in [-0.1, -0.05) is 29.8 Å². The molecule has 1 amide bonds. The average Bonchev–Trinajstić information content (AvgIpc) is 3.12. The Morgan fingerprint density at radius 1 is 1.15 bits per heavy atom. The molecule has 5 heteroatoms. The first-order valence-corrected chi connectivity index (χ1v) is 10.2. The number of ether oxygens (including phenoxy) is 1. The molecule has 3 nitrogen and oxygen atoms in total. The number of benzene rings is 2. The molecular formula is C22H20ClNO2S. The molecule has 138 valence electrons. The van der Waals surface area contributed by atoms with Gasteiger partial charge in [-0.15, -0.1) is 11.3 Å². The lowest BCUT2D eigenvalue weighted by Crippen LogP contribution is -2.24. The maximum atomic E-state index is 12.6. The number of nitrogens with one attached hydrogen (secondary N) is 1. The van der Waals surface area contributed by atoms with E-state index in [0.717, 1.165) is 40.5 Å². The number of methoxy groups -OCH3 is 1. The first-order valence-electron chi connectivity index (χ1n) is 8.96. The van der Waals surface area contributed by atoms with Crippen LogP contribution in [0.15, 0.2) is 48.5 Å². The Kier molecular flexibility index (Phi) is 5.19. The number of carbonyl (C=O) groups is 1. The van der Waals surface area contributed by atoms with Gasteiger partial charge in [-0.05, 0) is 71.8 Å². The molecule has 1 heterocycles. The normalized spacial score (nSPS) is 12.2. The quantitative estimate of drug-likeness (QED) is 0.646. The van der Waals surface area contributed by atoms with Crippen LogP contribution in [0.4, 0.5) is 0 Å². The maximum absolute atomic E-state index is 12.6. The van der Waals surface area contributed by atoms with Crippen LogP contribution in [0.25, 0.3) is 10.4 Å². The minimum absolute atomic E-state index is 0.0131. The largest absolute Gasteiger partial charge is 0.497 e. The van der Waals surface area contributed by atoms with Crippen molar-refractivity contribution in [3.8, 4) is 16.2 Å². The molecule has 1 aliphatic rings. The number of halogens is 1. The minimum Gasteiger partial charge on any atom is -0.497 e. The number of aryl methyl sites for hydroxylation is 2.